The minimum absolute atomic E-state index is 0.186. The fraction of sp³-hybridized carbons (Fsp3) is 0.0769. The van der Waals surface area contributed by atoms with Crippen LogP contribution in [0, 0.1) is 5.82 Å². The monoisotopic (exact) mass is 321 g/mol. The quantitative estimate of drug-likeness (QED) is 0.680. The van der Waals surface area contributed by atoms with Crippen molar-refractivity contribution >= 4 is 26.8 Å². The van der Waals surface area contributed by atoms with Gasteiger partial charge in [0.25, 0.3) is 0 Å². The summed E-state index contributed by atoms with van der Waals surface area (Å²) in [5, 5.41) is 5.24. The maximum atomic E-state index is 13.4. The fourth-order valence-corrected chi connectivity index (χ4v) is 2.23. The van der Waals surface area contributed by atoms with Crippen LogP contribution >= 0.6 is 15.9 Å². The van der Waals surface area contributed by atoms with E-state index in [2.05, 4.69) is 26.0 Å². The summed E-state index contributed by atoms with van der Waals surface area (Å²) in [7, 11) is 1.43. The lowest BCUT2D eigenvalue weighted by Gasteiger charge is -2.06. The highest BCUT2D eigenvalue weighted by atomic mass is 79.9. The van der Waals surface area contributed by atoms with Crippen molar-refractivity contribution in [1.82, 2.24) is 14.8 Å². The summed E-state index contributed by atoms with van der Waals surface area (Å²) in [6.07, 6.45) is 3.44. The Kier molecular flexibility index (Phi) is 2.94. The van der Waals surface area contributed by atoms with Crippen LogP contribution in [0.15, 0.2) is 41.3 Å². The molecule has 1 aromatic carbocycles. The Morgan fingerprint density at radius 1 is 1.26 bits per heavy atom. The molecule has 0 saturated carbocycles. The molecule has 2 aromatic heterocycles. The van der Waals surface area contributed by atoms with Crippen molar-refractivity contribution in [3.63, 3.8) is 0 Å². The van der Waals surface area contributed by atoms with Crippen LogP contribution in [0.1, 0.15) is 0 Å². The Morgan fingerprint density at radius 2 is 2.11 bits per heavy atom. The van der Waals surface area contributed by atoms with Gasteiger partial charge in [0.2, 0.25) is 0 Å². The number of halogens is 2. The second-order valence-corrected chi connectivity index (χ2v) is 4.75. The van der Waals surface area contributed by atoms with Crippen molar-refractivity contribution in [3.05, 3.63) is 47.1 Å². The van der Waals surface area contributed by atoms with E-state index in [0.29, 0.717) is 0 Å². The molecule has 0 atom stereocenters. The number of ether oxygens (including phenoxy) is 1. The van der Waals surface area contributed by atoms with Gasteiger partial charge in [-0.1, -0.05) is 0 Å². The summed E-state index contributed by atoms with van der Waals surface area (Å²) < 4.78 is 20.8. The smallest absolute Gasteiger partial charge is 0.165 e. The first-order valence-corrected chi connectivity index (χ1v) is 6.31. The maximum Gasteiger partial charge on any atom is 0.165 e. The summed E-state index contributed by atoms with van der Waals surface area (Å²) in [4.78, 5) is 4.18. The van der Waals surface area contributed by atoms with Crippen LogP contribution in [-0.2, 0) is 0 Å². The number of aromatic nitrogens is 3. The molecule has 0 radical (unpaired) electrons. The molecule has 0 fully saturated rings. The van der Waals surface area contributed by atoms with Gasteiger partial charge in [-0.2, -0.15) is 5.10 Å². The lowest BCUT2D eigenvalue weighted by molar-refractivity contribution is 0.386. The first kappa shape index (κ1) is 12.1. The lowest BCUT2D eigenvalue weighted by Crippen LogP contribution is -1.98. The van der Waals surface area contributed by atoms with Gasteiger partial charge in [-0.25, -0.2) is 14.1 Å². The van der Waals surface area contributed by atoms with Crippen LogP contribution in [0.2, 0.25) is 0 Å². The predicted octanol–water partition coefficient (Wildman–Crippen LogP) is 3.33. The molecule has 19 heavy (non-hydrogen) atoms. The van der Waals surface area contributed by atoms with Crippen molar-refractivity contribution in [2.24, 2.45) is 0 Å². The summed E-state index contributed by atoms with van der Waals surface area (Å²) in [5.74, 6) is -0.213. The molecule has 2 heterocycles. The summed E-state index contributed by atoms with van der Waals surface area (Å²) in [6, 6.07) is 6.48. The van der Waals surface area contributed by atoms with Crippen LogP contribution in [0.5, 0.6) is 5.75 Å². The standard InChI is InChI=1S/C13H9BrFN3O/c1-19-12-5-9(2-3-10(12)15)18-11-7-16-13(14)4-8(11)6-17-18/h2-7H,1H3. The third-order valence-electron chi connectivity index (χ3n) is 2.80. The molecule has 0 aliphatic carbocycles. The van der Waals surface area contributed by atoms with E-state index in [1.54, 1.807) is 29.2 Å². The van der Waals surface area contributed by atoms with Crippen LogP contribution in [0.25, 0.3) is 16.6 Å². The second-order valence-electron chi connectivity index (χ2n) is 3.94. The van der Waals surface area contributed by atoms with Crippen molar-refractivity contribution in [1.29, 1.82) is 0 Å². The van der Waals surface area contributed by atoms with Crippen molar-refractivity contribution in [2.45, 2.75) is 0 Å². The number of hydrogen-bond donors (Lipinski definition) is 0. The van der Waals surface area contributed by atoms with Gasteiger partial charge < -0.3 is 4.74 Å². The minimum atomic E-state index is -0.399. The Morgan fingerprint density at radius 3 is 2.89 bits per heavy atom. The van der Waals surface area contributed by atoms with Gasteiger partial charge in [-0.15, -0.1) is 0 Å². The average Bonchev–Trinajstić information content (AvgIpc) is 2.82. The predicted molar refractivity (Wildman–Crippen MR) is 73.1 cm³/mol. The van der Waals surface area contributed by atoms with Crippen LogP contribution in [-0.4, -0.2) is 21.9 Å². The van der Waals surface area contributed by atoms with E-state index in [-0.39, 0.29) is 5.75 Å². The molecule has 3 rings (SSSR count). The average molecular weight is 322 g/mol. The highest BCUT2D eigenvalue weighted by molar-refractivity contribution is 9.10. The number of benzene rings is 1. The Bertz CT molecular complexity index is 757. The zero-order chi connectivity index (χ0) is 13.4. The van der Waals surface area contributed by atoms with Gasteiger partial charge in [0, 0.05) is 11.5 Å². The normalized spacial score (nSPS) is 10.9. The number of fused-ring (bicyclic) bond motifs is 1. The molecule has 0 bridgehead atoms. The van der Waals surface area contributed by atoms with E-state index in [1.807, 2.05) is 6.07 Å². The number of hydrogen-bond acceptors (Lipinski definition) is 3. The molecule has 0 spiro atoms. The number of rotatable bonds is 2. The maximum absolute atomic E-state index is 13.4. The number of nitrogens with zero attached hydrogens (tertiary/aromatic N) is 3. The first-order chi connectivity index (χ1) is 9.19. The van der Waals surface area contributed by atoms with Gasteiger partial charge in [0.1, 0.15) is 4.60 Å². The molecule has 0 N–H and O–H groups in total. The molecule has 6 heteroatoms. The SMILES string of the molecule is COc1cc(-n2ncc3cc(Br)ncc32)ccc1F. The number of methoxy groups -OCH3 is 1. The minimum Gasteiger partial charge on any atom is -0.494 e. The molecule has 3 aromatic rings. The Hall–Kier alpha value is -1.95. The van der Waals surface area contributed by atoms with E-state index >= 15 is 0 Å². The highest BCUT2D eigenvalue weighted by Gasteiger charge is 2.09. The Labute approximate surface area is 117 Å². The second kappa shape index (κ2) is 4.62. The van der Waals surface area contributed by atoms with E-state index in [0.717, 1.165) is 21.2 Å². The van der Waals surface area contributed by atoms with Gasteiger partial charge in [0.15, 0.2) is 11.6 Å². The molecule has 0 aliphatic rings. The third kappa shape index (κ3) is 2.08. The molecule has 0 saturated heterocycles. The molecule has 4 nitrogen and oxygen atoms in total. The molecule has 0 unspecified atom stereocenters. The zero-order valence-corrected chi connectivity index (χ0v) is 11.6. The molecular formula is C13H9BrFN3O. The Balaban J connectivity index is 2.19. The van der Waals surface area contributed by atoms with Gasteiger partial charge >= 0.3 is 0 Å². The lowest BCUT2D eigenvalue weighted by atomic mass is 10.2. The first-order valence-electron chi connectivity index (χ1n) is 5.52. The van der Waals surface area contributed by atoms with Crippen LogP contribution in [0.3, 0.4) is 0 Å². The van der Waals surface area contributed by atoms with Gasteiger partial charge in [-0.3, -0.25) is 0 Å². The molecule has 0 amide bonds. The zero-order valence-electron chi connectivity index (χ0n) is 9.97. The van der Waals surface area contributed by atoms with Gasteiger partial charge in [0.05, 0.1) is 30.7 Å². The van der Waals surface area contributed by atoms with Crippen molar-refractivity contribution in [3.8, 4) is 11.4 Å². The largest absolute Gasteiger partial charge is 0.494 e. The fourth-order valence-electron chi connectivity index (χ4n) is 1.89. The van der Waals surface area contributed by atoms with E-state index < -0.39 is 5.82 Å². The van der Waals surface area contributed by atoms with E-state index in [1.165, 1.54) is 13.2 Å². The van der Waals surface area contributed by atoms with Gasteiger partial charge in [-0.05, 0) is 34.1 Å². The topological polar surface area (TPSA) is 39.9 Å². The molecular weight excluding hydrogens is 313 g/mol. The highest BCUT2D eigenvalue weighted by Crippen LogP contribution is 2.24. The summed E-state index contributed by atoms with van der Waals surface area (Å²) in [6.45, 7) is 0. The van der Waals surface area contributed by atoms with E-state index in [4.69, 9.17) is 4.74 Å². The van der Waals surface area contributed by atoms with Crippen molar-refractivity contribution in [2.75, 3.05) is 7.11 Å². The van der Waals surface area contributed by atoms with Crippen LogP contribution < -0.4 is 4.74 Å². The molecule has 0 aliphatic heterocycles. The van der Waals surface area contributed by atoms with Crippen LogP contribution in [0.4, 0.5) is 4.39 Å². The summed E-state index contributed by atoms with van der Waals surface area (Å²) >= 11 is 3.31. The third-order valence-corrected chi connectivity index (χ3v) is 3.23. The van der Waals surface area contributed by atoms with Crippen molar-refractivity contribution < 1.29 is 9.13 Å². The number of pyridine rings is 1. The van der Waals surface area contributed by atoms with E-state index in [9.17, 15) is 4.39 Å². The summed E-state index contributed by atoms with van der Waals surface area (Å²) in [5.41, 5.74) is 1.56. The molecule has 96 valence electrons.